The molecular weight excluding hydrogens is 132 g/mol. The second kappa shape index (κ2) is 4.95. The summed E-state index contributed by atoms with van der Waals surface area (Å²) in [6.07, 6.45) is 8.99. The first-order valence-electron chi connectivity index (χ1n) is 4.01. The third-order valence-corrected chi connectivity index (χ3v) is 1.91. The largest absolute Gasteiger partial charge is 0.103 e. The summed E-state index contributed by atoms with van der Waals surface area (Å²) in [4.78, 5) is 0. The van der Waals surface area contributed by atoms with E-state index in [0.29, 0.717) is 5.41 Å². The molecule has 0 aliphatic heterocycles. The predicted molar refractivity (Wildman–Crippen MR) is 52.5 cm³/mol. The summed E-state index contributed by atoms with van der Waals surface area (Å²) in [7, 11) is 0. The summed E-state index contributed by atoms with van der Waals surface area (Å²) in [6.45, 7) is 13.5. The summed E-state index contributed by atoms with van der Waals surface area (Å²) >= 11 is 0. The highest BCUT2D eigenvalue weighted by Crippen LogP contribution is 2.31. The minimum Gasteiger partial charge on any atom is -0.103 e. The topological polar surface area (TPSA) is 0 Å². The van der Waals surface area contributed by atoms with Crippen LogP contribution in [0.4, 0.5) is 0 Å². The van der Waals surface area contributed by atoms with Crippen LogP contribution < -0.4 is 0 Å². The van der Waals surface area contributed by atoms with Gasteiger partial charge in [0, 0.05) is 0 Å². The molecule has 0 aromatic rings. The highest BCUT2D eigenvalue weighted by Gasteiger charge is 2.18. The second-order valence-electron chi connectivity index (χ2n) is 3.29. The van der Waals surface area contributed by atoms with Crippen molar-refractivity contribution in [1.82, 2.24) is 0 Å². The Morgan fingerprint density at radius 3 is 1.36 bits per heavy atom. The Kier molecular flexibility index (Phi) is 4.60. The van der Waals surface area contributed by atoms with Crippen LogP contribution in [-0.4, -0.2) is 0 Å². The first-order chi connectivity index (χ1) is 5.18. The maximum absolute atomic E-state index is 3.74. The van der Waals surface area contributed by atoms with E-state index < -0.39 is 0 Å². The molecule has 0 rings (SSSR count). The molecule has 0 fully saturated rings. The molecule has 0 saturated carbocycles. The van der Waals surface area contributed by atoms with Crippen molar-refractivity contribution in [3.8, 4) is 0 Å². The minimum absolute atomic E-state index is 0.297. The quantitative estimate of drug-likeness (QED) is 0.506. The lowest BCUT2D eigenvalue weighted by Crippen LogP contribution is -2.12. The van der Waals surface area contributed by atoms with Gasteiger partial charge in [0.05, 0.1) is 0 Å². The van der Waals surface area contributed by atoms with E-state index >= 15 is 0 Å². The van der Waals surface area contributed by atoms with Crippen molar-refractivity contribution in [2.45, 2.75) is 26.2 Å². The molecule has 0 heteroatoms. The van der Waals surface area contributed by atoms with E-state index in [9.17, 15) is 0 Å². The molecule has 0 spiro atoms. The summed E-state index contributed by atoms with van der Waals surface area (Å²) in [5, 5.41) is 0. The average molecular weight is 150 g/mol. The molecule has 0 nitrogen and oxygen atoms in total. The van der Waals surface area contributed by atoms with Gasteiger partial charge in [0.1, 0.15) is 0 Å². The van der Waals surface area contributed by atoms with Gasteiger partial charge in [-0.25, -0.2) is 0 Å². The predicted octanol–water partition coefficient (Wildman–Crippen LogP) is 3.72. The number of hydrogen-bond acceptors (Lipinski definition) is 0. The highest BCUT2D eigenvalue weighted by atomic mass is 14.2. The maximum atomic E-state index is 3.74. The Bertz CT molecular complexity index is 116. The number of rotatable bonds is 6. The van der Waals surface area contributed by atoms with Crippen molar-refractivity contribution in [1.29, 1.82) is 0 Å². The van der Waals surface area contributed by atoms with Crippen LogP contribution in [-0.2, 0) is 0 Å². The van der Waals surface area contributed by atoms with Crippen LogP contribution in [0.2, 0.25) is 0 Å². The Morgan fingerprint density at radius 1 is 0.909 bits per heavy atom. The molecule has 0 aromatic heterocycles. The molecule has 0 amide bonds. The van der Waals surface area contributed by atoms with E-state index in [0.717, 1.165) is 19.3 Å². The zero-order valence-corrected chi connectivity index (χ0v) is 7.47. The molecule has 0 heterocycles. The normalized spacial score (nSPS) is 10.6. The fraction of sp³-hybridized carbons (Fsp3) is 0.455. The molecule has 0 radical (unpaired) electrons. The van der Waals surface area contributed by atoms with Crippen molar-refractivity contribution in [3.05, 3.63) is 38.0 Å². The van der Waals surface area contributed by atoms with E-state index in [1.165, 1.54) is 0 Å². The minimum atomic E-state index is 0.297. The summed E-state index contributed by atoms with van der Waals surface area (Å²) in [5.74, 6) is 0. The summed E-state index contributed by atoms with van der Waals surface area (Å²) in [6, 6.07) is 0. The summed E-state index contributed by atoms with van der Waals surface area (Å²) < 4.78 is 0. The maximum Gasteiger partial charge on any atom is -0.0223 e. The highest BCUT2D eigenvalue weighted by molar-refractivity contribution is 4.92. The van der Waals surface area contributed by atoms with E-state index in [1.54, 1.807) is 0 Å². The Balaban J connectivity index is 4.09. The lowest BCUT2D eigenvalue weighted by molar-refractivity contribution is 0.338. The molecule has 0 aliphatic rings. The van der Waals surface area contributed by atoms with Crippen LogP contribution in [0.25, 0.3) is 0 Å². The van der Waals surface area contributed by atoms with Gasteiger partial charge in [-0.2, -0.15) is 0 Å². The van der Waals surface area contributed by atoms with E-state index in [1.807, 2.05) is 18.2 Å². The lowest BCUT2D eigenvalue weighted by Gasteiger charge is -2.25. The SMILES string of the molecule is C=CCC(C)(CC=C)CC=C. The van der Waals surface area contributed by atoms with Crippen molar-refractivity contribution in [3.63, 3.8) is 0 Å². The summed E-state index contributed by atoms with van der Waals surface area (Å²) in [5.41, 5.74) is 0.297. The Morgan fingerprint density at radius 2 is 1.18 bits per heavy atom. The smallest absolute Gasteiger partial charge is 0.0223 e. The van der Waals surface area contributed by atoms with E-state index in [4.69, 9.17) is 0 Å². The first-order valence-corrected chi connectivity index (χ1v) is 4.01. The van der Waals surface area contributed by atoms with Gasteiger partial charge in [-0.3, -0.25) is 0 Å². The van der Waals surface area contributed by atoms with Crippen LogP contribution in [0.3, 0.4) is 0 Å². The third kappa shape index (κ3) is 3.82. The van der Waals surface area contributed by atoms with Gasteiger partial charge < -0.3 is 0 Å². The Hall–Kier alpha value is -0.780. The van der Waals surface area contributed by atoms with Crippen LogP contribution in [0.1, 0.15) is 26.2 Å². The molecular formula is C11H18. The number of hydrogen-bond donors (Lipinski definition) is 0. The standard InChI is InChI=1S/C11H18/c1-5-8-11(4,9-6-2)10-7-3/h5-7H,1-3,8-10H2,4H3. The van der Waals surface area contributed by atoms with Gasteiger partial charge in [0.2, 0.25) is 0 Å². The molecule has 0 atom stereocenters. The fourth-order valence-corrected chi connectivity index (χ4v) is 1.30. The lowest BCUT2D eigenvalue weighted by atomic mass is 9.80. The fourth-order valence-electron chi connectivity index (χ4n) is 1.30. The van der Waals surface area contributed by atoms with Gasteiger partial charge in [0.25, 0.3) is 0 Å². The van der Waals surface area contributed by atoms with Gasteiger partial charge in [0.15, 0.2) is 0 Å². The van der Waals surface area contributed by atoms with E-state index in [-0.39, 0.29) is 0 Å². The van der Waals surface area contributed by atoms with Crippen molar-refractivity contribution >= 4 is 0 Å². The molecule has 0 N–H and O–H groups in total. The van der Waals surface area contributed by atoms with Gasteiger partial charge in [-0.05, 0) is 24.7 Å². The van der Waals surface area contributed by atoms with Crippen molar-refractivity contribution in [2.24, 2.45) is 5.41 Å². The van der Waals surface area contributed by atoms with Gasteiger partial charge in [-0.1, -0.05) is 25.2 Å². The number of allylic oxidation sites excluding steroid dienone is 3. The zero-order valence-electron chi connectivity index (χ0n) is 7.47. The molecule has 0 unspecified atom stereocenters. The molecule has 62 valence electrons. The zero-order chi connectivity index (χ0) is 8.74. The molecule has 0 aliphatic carbocycles. The van der Waals surface area contributed by atoms with Crippen LogP contribution in [0, 0.1) is 5.41 Å². The molecule has 0 bridgehead atoms. The third-order valence-electron chi connectivity index (χ3n) is 1.91. The monoisotopic (exact) mass is 150 g/mol. The van der Waals surface area contributed by atoms with Crippen LogP contribution in [0.5, 0.6) is 0 Å². The van der Waals surface area contributed by atoms with Crippen molar-refractivity contribution < 1.29 is 0 Å². The van der Waals surface area contributed by atoms with E-state index in [2.05, 4.69) is 26.7 Å². The molecule has 11 heavy (non-hydrogen) atoms. The molecule has 0 aromatic carbocycles. The average Bonchev–Trinajstić information content (AvgIpc) is 1.88. The van der Waals surface area contributed by atoms with Crippen LogP contribution in [0.15, 0.2) is 38.0 Å². The second-order valence-corrected chi connectivity index (χ2v) is 3.29. The van der Waals surface area contributed by atoms with Gasteiger partial charge in [-0.15, -0.1) is 19.7 Å². The van der Waals surface area contributed by atoms with Gasteiger partial charge >= 0.3 is 0 Å². The Labute approximate surface area is 70.3 Å². The first kappa shape index (κ1) is 10.2. The van der Waals surface area contributed by atoms with Crippen LogP contribution >= 0.6 is 0 Å². The van der Waals surface area contributed by atoms with Crippen molar-refractivity contribution in [2.75, 3.05) is 0 Å². The molecule has 0 saturated heterocycles.